The van der Waals surface area contributed by atoms with E-state index in [2.05, 4.69) is 0 Å². The van der Waals surface area contributed by atoms with Crippen molar-refractivity contribution in [3.63, 3.8) is 0 Å². The van der Waals surface area contributed by atoms with Crippen LogP contribution in [0, 0.1) is 17.0 Å². The fourth-order valence-corrected chi connectivity index (χ4v) is 4.50. The van der Waals surface area contributed by atoms with E-state index < -0.39 is 15.0 Å². The molecule has 0 amide bonds. The van der Waals surface area contributed by atoms with Gasteiger partial charge in [-0.15, -0.1) is 0 Å². The number of hydrogen-bond acceptors (Lipinski definition) is 6. The van der Waals surface area contributed by atoms with E-state index >= 15 is 0 Å². The average Bonchev–Trinajstić information content (AvgIpc) is 2.67. The van der Waals surface area contributed by atoms with Crippen LogP contribution in [0.2, 0.25) is 5.02 Å². The lowest BCUT2D eigenvalue weighted by Crippen LogP contribution is -2.43. The van der Waals surface area contributed by atoms with Crippen LogP contribution >= 0.6 is 11.6 Å². The molecule has 0 saturated carbocycles. The van der Waals surface area contributed by atoms with Gasteiger partial charge in [-0.3, -0.25) is 14.3 Å². The van der Waals surface area contributed by atoms with Gasteiger partial charge in [-0.25, -0.2) is 0 Å². The van der Waals surface area contributed by atoms with Gasteiger partial charge in [-0.05, 0) is 44.4 Å². The smallest absolute Gasteiger partial charge is 0.297 e. The monoisotopic (exact) mass is 424 g/mol. The molecule has 9 heteroatoms. The quantitative estimate of drug-likeness (QED) is 0.389. The van der Waals surface area contributed by atoms with Crippen molar-refractivity contribution in [2.45, 2.75) is 37.1 Å². The van der Waals surface area contributed by atoms with E-state index in [1.807, 2.05) is 11.8 Å². The van der Waals surface area contributed by atoms with Gasteiger partial charge in [0.05, 0.1) is 33.2 Å². The van der Waals surface area contributed by atoms with Gasteiger partial charge in [0.25, 0.3) is 15.8 Å². The number of nitro benzene ring substituents is 1. The first-order chi connectivity index (χ1) is 13.3. The molecule has 1 atom stereocenters. The number of non-ortho nitro benzene ring substituents is 1. The molecule has 0 aromatic heterocycles. The zero-order valence-corrected chi connectivity index (χ0v) is 16.9. The van der Waals surface area contributed by atoms with Gasteiger partial charge >= 0.3 is 0 Å². The Hall–Kier alpha value is -2.16. The van der Waals surface area contributed by atoms with E-state index in [0.717, 1.165) is 24.8 Å². The molecular weight excluding hydrogens is 404 g/mol. The summed E-state index contributed by atoms with van der Waals surface area (Å²) in [6, 6.07) is 10.6. The number of nitrogens with zero attached hydrogens (tertiary/aromatic N) is 2. The predicted octanol–water partition coefficient (Wildman–Crippen LogP) is 4.32. The Labute approximate surface area is 169 Å². The highest BCUT2D eigenvalue weighted by Crippen LogP contribution is 2.34. The molecule has 2 aromatic carbocycles. The molecule has 150 valence electrons. The minimum Gasteiger partial charge on any atom is -0.365 e. The molecule has 2 aromatic rings. The first kappa shape index (κ1) is 20.6. The number of hydrogen-bond donors (Lipinski definition) is 0. The molecule has 1 aliphatic rings. The van der Waals surface area contributed by atoms with Crippen LogP contribution in [0.3, 0.4) is 0 Å². The molecular formula is C19H21ClN2O5S. The van der Waals surface area contributed by atoms with Crippen LogP contribution in [0.5, 0.6) is 0 Å². The normalized spacial score (nSPS) is 17.5. The van der Waals surface area contributed by atoms with E-state index in [-0.39, 0.29) is 28.3 Å². The zero-order valence-electron chi connectivity index (χ0n) is 15.4. The first-order valence-electron chi connectivity index (χ1n) is 8.94. The Morgan fingerprint density at radius 3 is 2.57 bits per heavy atom. The maximum absolute atomic E-state index is 12.5. The van der Waals surface area contributed by atoms with Crippen molar-refractivity contribution >= 4 is 33.1 Å². The summed E-state index contributed by atoms with van der Waals surface area (Å²) in [5.74, 6) is 0. The molecule has 1 aliphatic heterocycles. The van der Waals surface area contributed by atoms with Crippen LogP contribution in [0.15, 0.2) is 47.4 Å². The van der Waals surface area contributed by atoms with Gasteiger partial charge in [0.2, 0.25) is 0 Å². The molecule has 0 radical (unpaired) electrons. The number of rotatable bonds is 6. The summed E-state index contributed by atoms with van der Waals surface area (Å²) >= 11 is 6.27. The second kappa shape index (κ2) is 8.46. The number of aryl methyl sites for hydroxylation is 1. The van der Waals surface area contributed by atoms with Gasteiger partial charge < -0.3 is 4.90 Å². The maximum atomic E-state index is 12.5. The molecule has 7 nitrogen and oxygen atoms in total. The summed E-state index contributed by atoms with van der Waals surface area (Å²) in [6.45, 7) is 2.55. The van der Waals surface area contributed by atoms with E-state index in [1.165, 1.54) is 24.3 Å². The van der Waals surface area contributed by atoms with Crippen molar-refractivity contribution in [3.05, 3.63) is 63.2 Å². The van der Waals surface area contributed by atoms with Gasteiger partial charge in [-0.1, -0.05) is 29.3 Å². The largest absolute Gasteiger partial charge is 0.365 e. The molecule has 0 N–H and O–H groups in total. The van der Waals surface area contributed by atoms with Crippen LogP contribution in [-0.2, 0) is 14.3 Å². The fourth-order valence-electron chi connectivity index (χ4n) is 3.27. The van der Waals surface area contributed by atoms with Crippen molar-refractivity contribution in [1.82, 2.24) is 0 Å². The standard InChI is InChI=1S/C19H21ClN2O5S/c1-14-5-8-17(9-6-14)28(25,26)27-13-16-4-2-3-11-21(16)19-10-7-15(22(23)24)12-18(19)20/h5-10,12,16H,2-4,11,13H2,1H3. The number of nitro groups is 1. The highest BCUT2D eigenvalue weighted by atomic mass is 35.5. The zero-order chi connectivity index (χ0) is 20.3. The van der Waals surface area contributed by atoms with Crippen molar-refractivity contribution in [2.75, 3.05) is 18.1 Å². The van der Waals surface area contributed by atoms with Crippen LogP contribution in [0.25, 0.3) is 0 Å². The summed E-state index contributed by atoms with van der Waals surface area (Å²) in [7, 11) is -3.86. The summed E-state index contributed by atoms with van der Waals surface area (Å²) in [5, 5.41) is 11.2. The Morgan fingerprint density at radius 1 is 1.21 bits per heavy atom. The van der Waals surface area contributed by atoms with Crippen molar-refractivity contribution < 1.29 is 17.5 Å². The molecule has 1 saturated heterocycles. The summed E-state index contributed by atoms with van der Waals surface area (Å²) in [6.07, 6.45) is 2.62. The van der Waals surface area contributed by atoms with Gasteiger partial charge in [0.15, 0.2) is 0 Å². The van der Waals surface area contributed by atoms with Crippen LogP contribution < -0.4 is 4.90 Å². The van der Waals surface area contributed by atoms with E-state index in [0.29, 0.717) is 12.2 Å². The lowest BCUT2D eigenvalue weighted by molar-refractivity contribution is -0.384. The molecule has 1 heterocycles. The molecule has 0 spiro atoms. The fraction of sp³-hybridized carbons (Fsp3) is 0.368. The SMILES string of the molecule is Cc1ccc(S(=O)(=O)OCC2CCCCN2c2ccc([N+](=O)[O-])cc2Cl)cc1. The Balaban J connectivity index is 1.77. The molecule has 1 fully saturated rings. The lowest BCUT2D eigenvalue weighted by atomic mass is 10.0. The third-order valence-corrected chi connectivity index (χ3v) is 6.40. The van der Waals surface area contributed by atoms with Gasteiger partial charge in [0, 0.05) is 18.7 Å². The Kier molecular flexibility index (Phi) is 6.22. The third-order valence-electron chi connectivity index (χ3n) is 4.80. The minimum absolute atomic E-state index is 0.0104. The van der Waals surface area contributed by atoms with E-state index in [4.69, 9.17) is 15.8 Å². The number of anilines is 1. The molecule has 0 aliphatic carbocycles. The Morgan fingerprint density at radius 2 is 1.93 bits per heavy atom. The molecule has 28 heavy (non-hydrogen) atoms. The summed E-state index contributed by atoms with van der Waals surface area (Å²) < 4.78 is 30.3. The summed E-state index contributed by atoms with van der Waals surface area (Å²) in [4.78, 5) is 12.5. The average molecular weight is 425 g/mol. The predicted molar refractivity (Wildman–Crippen MR) is 107 cm³/mol. The number of halogens is 1. The van der Waals surface area contributed by atoms with Crippen LogP contribution in [0.1, 0.15) is 24.8 Å². The van der Waals surface area contributed by atoms with Crippen molar-refractivity contribution in [3.8, 4) is 0 Å². The topological polar surface area (TPSA) is 89.8 Å². The van der Waals surface area contributed by atoms with Gasteiger partial charge in [0.1, 0.15) is 0 Å². The highest BCUT2D eigenvalue weighted by molar-refractivity contribution is 7.86. The second-order valence-corrected chi connectivity index (χ2v) is 8.81. The van der Waals surface area contributed by atoms with Crippen LogP contribution in [-0.4, -0.2) is 32.5 Å². The van der Waals surface area contributed by atoms with Gasteiger partial charge in [-0.2, -0.15) is 8.42 Å². The molecule has 0 bridgehead atoms. The van der Waals surface area contributed by atoms with Crippen LogP contribution in [0.4, 0.5) is 11.4 Å². The molecule has 3 rings (SSSR count). The van der Waals surface area contributed by atoms with Crippen molar-refractivity contribution in [2.24, 2.45) is 0 Å². The lowest BCUT2D eigenvalue weighted by Gasteiger charge is -2.37. The first-order valence-corrected chi connectivity index (χ1v) is 10.7. The minimum atomic E-state index is -3.86. The second-order valence-electron chi connectivity index (χ2n) is 6.79. The number of benzene rings is 2. The maximum Gasteiger partial charge on any atom is 0.297 e. The Bertz CT molecular complexity index is 963. The highest BCUT2D eigenvalue weighted by Gasteiger charge is 2.27. The molecule has 1 unspecified atom stereocenters. The third kappa shape index (κ3) is 4.63. The number of piperidine rings is 1. The van der Waals surface area contributed by atoms with Crippen molar-refractivity contribution in [1.29, 1.82) is 0 Å². The van der Waals surface area contributed by atoms with E-state index in [1.54, 1.807) is 18.2 Å². The van der Waals surface area contributed by atoms with E-state index in [9.17, 15) is 18.5 Å². The summed E-state index contributed by atoms with van der Waals surface area (Å²) in [5.41, 5.74) is 1.53.